The van der Waals surface area contributed by atoms with Crippen molar-refractivity contribution in [3.8, 4) is 0 Å². The molecular weight excluding hydrogens is 452 g/mol. The van der Waals surface area contributed by atoms with Crippen LogP contribution in [-0.4, -0.2) is 76.4 Å². The van der Waals surface area contributed by atoms with E-state index in [0.29, 0.717) is 38.8 Å². The number of aliphatic carboxylic acids is 1. The molecule has 11 nitrogen and oxygen atoms in total. The first kappa shape index (κ1) is 26.2. The minimum Gasteiger partial charge on any atom is -0.480 e. The number of fused-ring (bicyclic) bond motifs is 1. The molecule has 11 heteroatoms. The summed E-state index contributed by atoms with van der Waals surface area (Å²) in [5, 5.41) is 15.8. The Balaban J connectivity index is 1.80. The average molecular weight is 487 g/mol. The van der Waals surface area contributed by atoms with Gasteiger partial charge in [0.2, 0.25) is 17.7 Å². The van der Waals surface area contributed by atoms with Crippen molar-refractivity contribution in [1.29, 1.82) is 0 Å². The van der Waals surface area contributed by atoms with Gasteiger partial charge in [-0.3, -0.25) is 14.4 Å². The number of rotatable bonds is 12. The molecule has 35 heavy (non-hydrogen) atoms. The summed E-state index contributed by atoms with van der Waals surface area (Å²) in [5.41, 5.74) is 12.7. The number of aromatic nitrogens is 1. The number of nitrogens with zero attached hydrogens (tertiary/aromatic N) is 1. The molecule has 3 atom stereocenters. The fourth-order valence-corrected chi connectivity index (χ4v) is 4.48. The van der Waals surface area contributed by atoms with Crippen molar-refractivity contribution < 1.29 is 24.3 Å². The van der Waals surface area contributed by atoms with E-state index >= 15 is 0 Å². The van der Waals surface area contributed by atoms with Gasteiger partial charge in [0.15, 0.2) is 0 Å². The van der Waals surface area contributed by atoms with Crippen molar-refractivity contribution in [1.82, 2.24) is 20.5 Å². The summed E-state index contributed by atoms with van der Waals surface area (Å²) in [4.78, 5) is 54.9. The van der Waals surface area contributed by atoms with Crippen LogP contribution in [0.15, 0.2) is 30.5 Å². The van der Waals surface area contributed by atoms with Crippen molar-refractivity contribution in [2.75, 3.05) is 19.6 Å². The van der Waals surface area contributed by atoms with E-state index in [2.05, 4.69) is 15.6 Å². The molecule has 0 saturated carbocycles. The van der Waals surface area contributed by atoms with Gasteiger partial charge in [-0.15, -0.1) is 0 Å². The second-order valence-corrected chi connectivity index (χ2v) is 8.76. The molecule has 2 aromatic rings. The van der Waals surface area contributed by atoms with Gasteiger partial charge in [0.1, 0.15) is 18.1 Å². The summed E-state index contributed by atoms with van der Waals surface area (Å²) in [6.07, 6.45) is 4.46. The number of amides is 3. The largest absolute Gasteiger partial charge is 0.480 e. The zero-order chi connectivity index (χ0) is 25.4. The molecule has 190 valence electrons. The molecule has 0 radical (unpaired) electrons. The van der Waals surface area contributed by atoms with Crippen molar-refractivity contribution in [3.63, 3.8) is 0 Å². The molecule has 1 aromatic carbocycles. The number of H-pyrrole nitrogens is 1. The number of hydrogen-bond acceptors (Lipinski definition) is 6. The highest BCUT2D eigenvalue weighted by Crippen LogP contribution is 2.21. The molecule has 1 aliphatic heterocycles. The molecule has 3 rings (SSSR count). The third-order valence-electron chi connectivity index (χ3n) is 6.34. The molecule has 1 aliphatic rings. The zero-order valence-electron chi connectivity index (χ0n) is 19.7. The lowest BCUT2D eigenvalue weighted by Crippen LogP contribution is -2.56. The maximum atomic E-state index is 13.3. The van der Waals surface area contributed by atoms with E-state index in [1.54, 1.807) is 6.20 Å². The van der Waals surface area contributed by atoms with E-state index < -0.39 is 35.9 Å². The Morgan fingerprint density at radius 1 is 1.11 bits per heavy atom. The SMILES string of the molecule is NCCCCC(NC(=O)C(Cc1c[nH]c2ccccc12)NC(=O)C1CCCN1C(=O)CN)C(=O)O. The van der Waals surface area contributed by atoms with Crippen LogP contribution >= 0.6 is 0 Å². The van der Waals surface area contributed by atoms with Gasteiger partial charge >= 0.3 is 5.97 Å². The molecule has 3 amide bonds. The molecule has 2 heterocycles. The number of carboxylic acids is 1. The highest BCUT2D eigenvalue weighted by Gasteiger charge is 2.36. The van der Waals surface area contributed by atoms with E-state index in [-0.39, 0.29) is 25.3 Å². The lowest BCUT2D eigenvalue weighted by molar-refractivity contribution is -0.143. The third-order valence-corrected chi connectivity index (χ3v) is 6.34. The number of carbonyl (C=O) groups excluding carboxylic acids is 3. The molecule has 8 N–H and O–H groups in total. The van der Waals surface area contributed by atoms with Crippen LogP contribution in [-0.2, 0) is 25.6 Å². The Hall–Kier alpha value is -3.44. The average Bonchev–Trinajstić information content (AvgIpc) is 3.50. The number of carbonyl (C=O) groups is 4. The lowest BCUT2D eigenvalue weighted by atomic mass is 10.0. The van der Waals surface area contributed by atoms with E-state index in [1.165, 1.54) is 4.90 Å². The number of nitrogens with two attached hydrogens (primary N) is 2. The van der Waals surface area contributed by atoms with Gasteiger partial charge < -0.3 is 37.1 Å². The number of unbranched alkanes of at least 4 members (excludes halogenated alkanes) is 1. The lowest BCUT2D eigenvalue weighted by Gasteiger charge is -2.27. The molecule has 1 fully saturated rings. The molecule has 0 aliphatic carbocycles. The van der Waals surface area contributed by atoms with E-state index in [1.807, 2.05) is 24.3 Å². The number of carboxylic acid groups (broad SMARTS) is 1. The zero-order valence-corrected chi connectivity index (χ0v) is 19.7. The monoisotopic (exact) mass is 486 g/mol. The Morgan fingerprint density at radius 2 is 1.89 bits per heavy atom. The van der Waals surface area contributed by atoms with Gasteiger partial charge in [-0.05, 0) is 50.3 Å². The van der Waals surface area contributed by atoms with Crippen LogP contribution in [0.25, 0.3) is 10.9 Å². The van der Waals surface area contributed by atoms with Crippen LogP contribution < -0.4 is 22.1 Å². The second-order valence-electron chi connectivity index (χ2n) is 8.76. The molecular formula is C24H34N6O5. The Bertz CT molecular complexity index is 1050. The number of nitrogens with one attached hydrogen (secondary N) is 3. The Kier molecular flexibility index (Phi) is 9.21. The van der Waals surface area contributed by atoms with Gasteiger partial charge in [0.05, 0.1) is 6.54 Å². The summed E-state index contributed by atoms with van der Waals surface area (Å²) in [7, 11) is 0. The van der Waals surface area contributed by atoms with Crippen LogP contribution in [0, 0.1) is 0 Å². The van der Waals surface area contributed by atoms with Crippen molar-refractivity contribution in [2.24, 2.45) is 11.5 Å². The minimum absolute atomic E-state index is 0.147. The standard InChI is InChI=1S/C24H34N6O5/c25-10-4-3-8-18(24(34)35)28-22(32)19(12-15-14-27-17-7-2-1-6-16(15)17)29-23(33)20-9-5-11-30(20)21(31)13-26/h1-2,6-7,14,18-20,27H,3-5,8-13,25-26H2,(H,28,32)(H,29,33)(H,34,35). The predicted molar refractivity (Wildman–Crippen MR) is 130 cm³/mol. The Labute approximate surface area is 203 Å². The van der Waals surface area contributed by atoms with Gasteiger partial charge in [0, 0.05) is 30.1 Å². The second kappa shape index (κ2) is 12.3. The van der Waals surface area contributed by atoms with Crippen molar-refractivity contribution in [3.05, 3.63) is 36.0 Å². The summed E-state index contributed by atoms with van der Waals surface area (Å²) in [6, 6.07) is 4.72. The number of likely N-dealkylation sites (tertiary alicyclic amines) is 1. The van der Waals surface area contributed by atoms with Crippen LogP contribution in [0.1, 0.15) is 37.7 Å². The number of para-hydroxylation sites is 1. The summed E-state index contributed by atoms with van der Waals surface area (Å²) < 4.78 is 0. The summed E-state index contributed by atoms with van der Waals surface area (Å²) in [5.74, 6) is -2.54. The van der Waals surface area contributed by atoms with Gasteiger partial charge in [-0.2, -0.15) is 0 Å². The fourth-order valence-electron chi connectivity index (χ4n) is 4.48. The first-order valence-electron chi connectivity index (χ1n) is 11.9. The number of benzene rings is 1. The maximum Gasteiger partial charge on any atom is 0.326 e. The number of aromatic amines is 1. The van der Waals surface area contributed by atoms with Crippen molar-refractivity contribution in [2.45, 2.75) is 56.7 Å². The highest BCUT2D eigenvalue weighted by atomic mass is 16.4. The topological polar surface area (TPSA) is 184 Å². The van der Waals surface area contributed by atoms with Crippen LogP contribution in [0.2, 0.25) is 0 Å². The van der Waals surface area contributed by atoms with Gasteiger partial charge in [0.25, 0.3) is 0 Å². The van der Waals surface area contributed by atoms with Crippen LogP contribution in [0.3, 0.4) is 0 Å². The number of hydrogen-bond donors (Lipinski definition) is 6. The third kappa shape index (κ3) is 6.58. The molecule has 0 spiro atoms. The Morgan fingerprint density at radius 3 is 2.60 bits per heavy atom. The first-order valence-corrected chi connectivity index (χ1v) is 11.9. The predicted octanol–water partition coefficient (Wildman–Crippen LogP) is -0.157. The molecule has 3 unspecified atom stereocenters. The molecule has 1 aromatic heterocycles. The maximum absolute atomic E-state index is 13.3. The van der Waals surface area contributed by atoms with Crippen LogP contribution in [0.5, 0.6) is 0 Å². The molecule has 0 bridgehead atoms. The minimum atomic E-state index is -1.15. The van der Waals surface area contributed by atoms with E-state index in [4.69, 9.17) is 11.5 Å². The normalized spacial score (nSPS) is 17.2. The highest BCUT2D eigenvalue weighted by molar-refractivity contribution is 5.94. The quantitative estimate of drug-likeness (QED) is 0.225. The van der Waals surface area contributed by atoms with Crippen LogP contribution in [0.4, 0.5) is 0 Å². The smallest absolute Gasteiger partial charge is 0.326 e. The summed E-state index contributed by atoms with van der Waals surface area (Å²) >= 11 is 0. The fraction of sp³-hybridized carbons (Fsp3) is 0.500. The van der Waals surface area contributed by atoms with Gasteiger partial charge in [-0.25, -0.2) is 4.79 Å². The summed E-state index contributed by atoms with van der Waals surface area (Å²) in [6.45, 7) is 0.654. The molecule has 1 saturated heterocycles. The van der Waals surface area contributed by atoms with Gasteiger partial charge in [-0.1, -0.05) is 18.2 Å². The van der Waals surface area contributed by atoms with E-state index in [9.17, 15) is 24.3 Å². The van der Waals surface area contributed by atoms with Crippen molar-refractivity contribution >= 4 is 34.6 Å². The first-order chi connectivity index (χ1) is 16.8. The van der Waals surface area contributed by atoms with E-state index in [0.717, 1.165) is 16.5 Å².